The zero-order valence-corrected chi connectivity index (χ0v) is 11.7. The smallest absolute Gasteiger partial charge is 0.328 e. The SMILES string of the molecule is CN(C)c1ccccc1/C=C/C=C1C(=O)NC(=O)NC1=O. The number of hydrogen-bond donors (Lipinski definition) is 2. The van der Waals surface area contributed by atoms with Crippen LogP contribution >= 0.6 is 0 Å². The van der Waals surface area contributed by atoms with E-state index in [1.165, 1.54) is 6.08 Å². The highest BCUT2D eigenvalue weighted by atomic mass is 16.2. The number of urea groups is 1. The van der Waals surface area contributed by atoms with Crippen molar-refractivity contribution in [2.75, 3.05) is 19.0 Å². The van der Waals surface area contributed by atoms with Gasteiger partial charge in [-0.2, -0.15) is 0 Å². The van der Waals surface area contributed by atoms with E-state index < -0.39 is 17.8 Å². The van der Waals surface area contributed by atoms with Gasteiger partial charge in [0, 0.05) is 19.8 Å². The summed E-state index contributed by atoms with van der Waals surface area (Å²) in [6, 6.07) is 6.92. The van der Waals surface area contributed by atoms with Gasteiger partial charge in [-0.1, -0.05) is 30.4 Å². The Morgan fingerprint density at radius 3 is 2.24 bits per heavy atom. The second kappa shape index (κ2) is 6.04. The van der Waals surface area contributed by atoms with Crippen LogP contribution in [0.1, 0.15) is 5.56 Å². The van der Waals surface area contributed by atoms with Crippen LogP contribution < -0.4 is 15.5 Å². The number of rotatable bonds is 3. The molecule has 0 unspecified atom stereocenters. The molecule has 4 amide bonds. The van der Waals surface area contributed by atoms with Gasteiger partial charge in [-0.05, 0) is 17.7 Å². The van der Waals surface area contributed by atoms with Gasteiger partial charge < -0.3 is 4.90 Å². The molecular formula is C15H15N3O3. The molecule has 0 bridgehead atoms. The fraction of sp³-hybridized carbons (Fsp3) is 0.133. The number of imide groups is 2. The summed E-state index contributed by atoms with van der Waals surface area (Å²) in [6.07, 6.45) is 4.77. The molecule has 0 aromatic heterocycles. The van der Waals surface area contributed by atoms with Gasteiger partial charge in [-0.15, -0.1) is 0 Å². The first-order valence-electron chi connectivity index (χ1n) is 6.30. The molecule has 108 valence electrons. The Bertz CT molecular complexity index is 638. The van der Waals surface area contributed by atoms with Gasteiger partial charge in [0.1, 0.15) is 5.57 Å². The number of hydrogen-bond acceptors (Lipinski definition) is 4. The van der Waals surface area contributed by atoms with E-state index in [-0.39, 0.29) is 5.57 Å². The van der Waals surface area contributed by atoms with Crippen LogP contribution in [0.3, 0.4) is 0 Å². The van der Waals surface area contributed by atoms with Gasteiger partial charge in [0.15, 0.2) is 0 Å². The van der Waals surface area contributed by atoms with E-state index in [0.717, 1.165) is 11.3 Å². The number of nitrogens with zero attached hydrogens (tertiary/aromatic N) is 1. The molecule has 6 nitrogen and oxygen atoms in total. The molecule has 2 rings (SSSR count). The number of nitrogens with one attached hydrogen (secondary N) is 2. The summed E-state index contributed by atoms with van der Waals surface area (Å²) < 4.78 is 0. The second-order valence-corrected chi connectivity index (χ2v) is 4.63. The highest BCUT2D eigenvalue weighted by molar-refractivity contribution is 6.29. The predicted octanol–water partition coefficient (Wildman–Crippen LogP) is 1.06. The molecule has 0 saturated carbocycles. The molecule has 0 aliphatic carbocycles. The average molecular weight is 285 g/mol. The number of anilines is 1. The summed E-state index contributed by atoms with van der Waals surface area (Å²) in [5.41, 5.74) is 1.86. The van der Waals surface area contributed by atoms with E-state index in [2.05, 4.69) is 0 Å². The van der Waals surface area contributed by atoms with Gasteiger partial charge in [-0.25, -0.2) is 4.79 Å². The van der Waals surface area contributed by atoms with Crippen molar-refractivity contribution in [2.24, 2.45) is 0 Å². The van der Waals surface area contributed by atoms with Crippen LogP contribution in [0.4, 0.5) is 10.5 Å². The Balaban J connectivity index is 2.22. The summed E-state index contributed by atoms with van der Waals surface area (Å²) in [5.74, 6) is -1.40. The van der Waals surface area contributed by atoms with Crippen molar-refractivity contribution >= 4 is 29.6 Å². The first kappa shape index (κ1) is 14.5. The summed E-state index contributed by atoms with van der Waals surface area (Å²) in [4.78, 5) is 36.0. The second-order valence-electron chi connectivity index (χ2n) is 4.63. The Morgan fingerprint density at radius 2 is 1.62 bits per heavy atom. The van der Waals surface area contributed by atoms with Crippen molar-refractivity contribution in [1.82, 2.24) is 10.6 Å². The number of amides is 4. The minimum atomic E-state index is -0.802. The van der Waals surface area contributed by atoms with E-state index in [1.54, 1.807) is 12.2 Å². The average Bonchev–Trinajstić information content (AvgIpc) is 2.42. The molecule has 21 heavy (non-hydrogen) atoms. The van der Waals surface area contributed by atoms with Crippen molar-refractivity contribution in [3.63, 3.8) is 0 Å². The van der Waals surface area contributed by atoms with Crippen LogP contribution in [0.15, 0.2) is 42.0 Å². The van der Waals surface area contributed by atoms with E-state index >= 15 is 0 Å². The molecule has 1 aliphatic rings. The Hall–Kier alpha value is -2.89. The third kappa shape index (κ3) is 3.36. The molecule has 1 fully saturated rings. The zero-order chi connectivity index (χ0) is 15.4. The van der Waals surface area contributed by atoms with Crippen molar-refractivity contribution in [3.8, 4) is 0 Å². The van der Waals surface area contributed by atoms with E-state index in [9.17, 15) is 14.4 Å². The molecule has 0 atom stereocenters. The Labute approximate surface area is 122 Å². The third-order valence-corrected chi connectivity index (χ3v) is 2.90. The van der Waals surface area contributed by atoms with Gasteiger partial charge in [-0.3, -0.25) is 20.2 Å². The monoisotopic (exact) mass is 285 g/mol. The number of benzene rings is 1. The van der Waals surface area contributed by atoms with Crippen molar-refractivity contribution < 1.29 is 14.4 Å². The lowest BCUT2D eigenvalue weighted by molar-refractivity contribution is -0.124. The molecule has 1 aliphatic heterocycles. The number of barbiturate groups is 1. The maximum atomic E-state index is 11.5. The van der Waals surface area contributed by atoms with Crippen molar-refractivity contribution in [1.29, 1.82) is 0 Å². The Morgan fingerprint density at radius 1 is 1.00 bits per heavy atom. The third-order valence-electron chi connectivity index (χ3n) is 2.90. The molecule has 1 saturated heterocycles. The fourth-order valence-electron chi connectivity index (χ4n) is 1.91. The van der Waals surface area contributed by atoms with Gasteiger partial charge >= 0.3 is 6.03 Å². The quantitative estimate of drug-likeness (QED) is 0.643. The Kier molecular flexibility index (Phi) is 4.18. The minimum absolute atomic E-state index is 0.104. The molecular weight excluding hydrogens is 270 g/mol. The summed E-state index contributed by atoms with van der Waals surface area (Å²) >= 11 is 0. The van der Waals surface area contributed by atoms with Crippen LogP contribution in [0.5, 0.6) is 0 Å². The number of para-hydroxylation sites is 1. The summed E-state index contributed by atoms with van der Waals surface area (Å²) in [5, 5.41) is 4.04. The first-order valence-corrected chi connectivity index (χ1v) is 6.30. The van der Waals surface area contributed by atoms with Gasteiger partial charge in [0.2, 0.25) is 0 Å². The summed E-state index contributed by atoms with van der Waals surface area (Å²) in [7, 11) is 3.86. The maximum Gasteiger partial charge on any atom is 0.328 e. The molecule has 1 aromatic carbocycles. The minimum Gasteiger partial charge on any atom is -0.377 e. The number of carbonyl (C=O) groups excluding carboxylic acids is 3. The van der Waals surface area contributed by atoms with Crippen LogP contribution in [-0.4, -0.2) is 31.9 Å². The van der Waals surface area contributed by atoms with Gasteiger partial charge in [0.05, 0.1) is 0 Å². The zero-order valence-electron chi connectivity index (χ0n) is 11.7. The molecule has 1 heterocycles. The normalized spacial score (nSPS) is 15.0. The lowest BCUT2D eigenvalue weighted by Crippen LogP contribution is -2.51. The molecule has 6 heteroatoms. The van der Waals surface area contributed by atoms with Crippen molar-refractivity contribution in [3.05, 3.63) is 47.6 Å². The number of carbonyl (C=O) groups is 3. The lowest BCUT2D eigenvalue weighted by Gasteiger charge is -2.15. The molecule has 2 N–H and O–H groups in total. The van der Waals surface area contributed by atoms with E-state index in [1.807, 2.05) is 53.9 Å². The maximum absolute atomic E-state index is 11.5. The standard InChI is InChI=1S/C15H15N3O3/c1-18(2)12-9-4-3-6-10(12)7-5-8-11-13(19)16-15(21)17-14(11)20/h3-9H,1-2H3,(H2,16,17,19,20,21)/b7-5+. The molecule has 0 spiro atoms. The first-order chi connectivity index (χ1) is 9.99. The van der Waals surface area contributed by atoms with Crippen molar-refractivity contribution in [2.45, 2.75) is 0 Å². The number of allylic oxidation sites excluding steroid dienone is 2. The van der Waals surface area contributed by atoms with Crippen LogP contribution in [0, 0.1) is 0 Å². The molecule has 1 aromatic rings. The van der Waals surface area contributed by atoms with Crippen LogP contribution in [0.2, 0.25) is 0 Å². The van der Waals surface area contributed by atoms with E-state index in [0.29, 0.717) is 0 Å². The fourth-order valence-corrected chi connectivity index (χ4v) is 1.91. The highest BCUT2D eigenvalue weighted by Gasteiger charge is 2.26. The van der Waals surface area contributed by atoms with E-state index in [4.69, 9.17) is 0 Å². The molecule has 0 radical (unpaired) electrons. The summed E-state index contributed by atoms with van der Waals surface area (Å²) in [6.45, 7) is 0. The van der Waals surface area contributed by atoms with Crippen LogP contribution in [0.25, 0.3) is 6.08 Å². The largest absolute Gasteiger partial charge is 0.377 e. The predicted molar refractivity (Wildman–Crippen MR) is 79.6 cm³/mol. The van der Waals surface area contributed by atoms with Gasteiger partial charge in [0.25, 0.3) is 11.8 Å². The lowest BCUT2D eigenvalue weighted by atomic mass is 10.1. The van der Waals surface area contributed by atoms with Crippen LogP contribution in [-0.2, 0) is 9.59 Å². The highest BCUT2D eigenvalue weighted by Crippen LogP contribution is 2.19. The topological polar surface area (TPSA) is 78.5 Å².